The predicted octanol–water partition coefficient (Wildman–Crippen LogP) is 3.88. The highest BCUT2D eigenvalue weighted by Gasteiger charge is 2.35. The fourth-order valence-corrected chi connectivity index (χ4v) is 3.57. The first-order valence-corrected chi connectivity index (χ1v) is 9.55. The summed E-state index contributed by atoms with van der Waals surface area (Å²) in [7, 11) is 3.16. The van der Waals surface area contributed by atoms with Gasteiger partial charge in [-0.05, 0) is 43.3 Å². The van der Waals surface area contributed by atoms with Gasteiger partial charge in [-0.15, -0.1) is 0 Å². The molecular weight excluding hydrogens is 406 g/mol. The summed E-state index contributed by atoms with van der Waals surface area (Å²) in [6.45, 7) is 1.83. The third kappa shape index (κ3) is 3.57. The lowest BCUT2D eigenvalue weighted by Gasteiger charge is -2.29. The van der Waals surface area contributed by atoms with Crippen LogP contribution in [-0.4, -0.2) is 34.9 Å². The maximum Gasteiger partial charge on any atom is 0.255 e. The second-order valence-electron chi connectivity index (χ2n) is 6.66. The van der Waals surface area contributed by atoms with Crippen LogP contribution < -0.4 is 20.1 Å². The van der Waals surface area contributed by atoms with Gasteiger partial charge in [-0.2, -0.15) is 10.1 Å². The predicted molar refractivity (Wildman–Crippen MR) is 114 cm³/mol. The Hall–Kier alpha value is -3.52. The molecule has 2 heterocycles. The molecule has 1 aliphatic heterocycles. The van der Waals surface area contributed by atoms with Gasteiger partial charge in [-0.1, -0.05) is 11.6 Å². The van der Waals surface area contributed by atoms with E-state index in [2.05, 4.69) is 20.7 Å². The minimum atomic E-state index is -0.545. The van der Waals surface area contributed by atoms with Crippen LogP contribution in [0, 0.1) is 0 Å². The molecule has 0 spiro atoms. The van der Waals surface area contributed by atoms with Gasteiger partial charge in [0.15, 0.2) is 0 Å². The Labute approximate surface area is 178 Å². The number of hydrogen-bond donors (Lipinski definition) is 2. The maximum absolute atomic E-state index is 13.3. The number of nitrogens with one attached hydrogen (secondary N) is 2. The van der Waals surface area contributed by atoms with Crippen LogP contribution in [0.3, 0.4) is 0 Å². The third-order valence-corrected chi connectivity index (χ3v) is 5.13. The van der Waals surface area contributed by atoms with Gasteiger partial charge in [0.1, 0.15) is 23.9 Å². The Kier molecular flexibility index (Phi) is 5.33. The number of methoxy groups -OCH3 is 2. The summed E-state index contributed by atoms with van der Waals surface area (Å²) in [6.07, 6.45) is 1.44. The van der Waals surface area contributed by atoms with Crippen LogP contribution in [0.25, 0.3) is 0 Å². The highest BCUT2D eigenvalue weighted by molar-refractivity contribution is 6.30. The van der Waals surface area contributed by atoms with Gasteiger partial charge in [0.05, 0.1) is 19.8 Å². The van der Waals surface area contributed by atoms with E-state index in [0.717, 1.165) is 5.56 Å². The van der Waals surface area contributed by atoms with Crippen molar-refractivity contribution in [1.29, 1.82) is 0 Å². The average molecular weight is 426 g/mol. The standard InChI is InChI=1S/C21H20ClN5O3/c1-12-18(20(28)26-14-6-4-13(22)5-7-14)19(27-21(25-12)23-11-24-27)16-9-8-15(29-2)10-17(16)30-3/h4-11,19H,1-3H3,(H,26,28)(H,23,24,25)/t19-/m0/s1. The number of carbonyl (C=O) groups excluding carboxylic acids is 1. The Morgan fingerprint density at radius 1 is 1.17 bits per heavy atom. The Balaban J connectivity index is 1.79. The first-order valence-electron chi connectivity index (χ1n) is 9.18. The zero-order valence-electron chi connectivity index (χ0n) is 16.6. The number of amides is 1. The summed E-state index contributed by atoms with van der Waals surface area (Å²) >= 11 is 5.95. The van der Waals surface area contributed by atoms with Crippen molar-refractivity contribution < 1.29 is 14.3 Å². The fraction of sp³-hybridized carbons (Fsp3) is 0.190. The molecule has 1 atom stereocenters. The number of hydrogen-bond acceptors (Lipinski definition) is 6. The van der Waals surface area contributed by atoms with E-state index in [1.807, 2.05) is 19.1 Å². The van der Waals surface area contributed by atoms with Crippen LogP contribution in [0.5, 0.6) is 11.5 Å². The van der Waals surface area contributed by atoms with Crippen LogP contribution in [0.15, 0.2) is 60.1 Å². The quantitative estimate of drug-likeness (QED) is 0.644. The van der Waals surface area contributed by atoms with E-state index in [4.69, 9.17) is 21.1 Å². The monoisotopic (exact) mass is 425 g/mol. The average Bonchev–Trinajstić information content (AvgIpc) is 3.21. The molecule has 1 aliphatic rings. The van der Waals surface area contributed by atoms with Gasteiger partial charge in [-0.25, -0.2) is 4.68 Å². The van der Waals surface area contributed by atoms with Crippen molar-refractivity contribution in [3.8, 4) is 11.5 Å². The second kappa shape index (κ2) is 8.08. The van der Waals surface area contributed by atoms with Crippen LogP contribution in [0.2, 0.25) is 5.02 Å². The molecule has 30 heavy (non-hydrogen) atoms. The van der Waals surface area contributed by atoms with Gasteiger partial charge in [0.25, 0.3) is 5.91 Å². The van der Waals surface area contributed by atoms with E-state index in [9.17, 15) is 4.79 Å². The molecule has 3 aromatic rings. The minimum absolute atomic E-state index is 0.272. The number of benzene rings is 2. The smallest absolute Gasteiger partial charge is 0.255 e. The van der Waals surface area contributed by atoms with E-state index < -0.39 is 6.04 Å². The molecule has 0 saturated heterocycles. The number of nitrogens with zero attached hydrogens (tertiary/aromatic N) is 3. The lowest BCUT2D eigenvalue weighted by molar-refractivity contribution is -0.113. The summed E-state index contributed by atoms with van der Waals surface area (Å²) in [5, 5.41) is 11.0. The molecule has 2 aromatic carbocycles. The van der Waals surface area contributed by atoms with Crippen molar-refractivity contribution in [3.63, 3.8) is 0 Å². The fourth-order valence-electron chi connectivity index (χ4n) is 3.45. The Bertz CT molecular complexity index is 1120. The lowest BCUT2D eigenvalue weighted by Crippen LogP contribution is -2.31. The number of carbonyl (C=O) groups is 1. The summed E-state index contributed by atoms with van der Waals surface area (Å²) in [6, 6.07) is 11.8. The van der Waals surface area contributed by atoms with E-state index >= 15 is 0 Å². The van der Waals surface area contributed by atoms with Gasteiger partial charge < -0.3 is 20.1 Å². The molecule has 1 amide bonds. The second-order valence-corrected chi connectivity index (χ2v) is 7.10. The van der Waals surface area contributed by atoms with Crippen molar-refractivity contribution in [2.24, 2.45) is 0 Å². The third-order valence-electron chi connectivity index (χ3n) is 4.88. The molecule has 0 fully saturated rings. The Morgan fingerprint density at radius 3 is 2.63 bits per heavy atom. The van der Waals surface area contributed by atoms with Crippen molar-refractivity contribution >= 4 is 29.1 Å². The SMILES string of the molecule is COc1ccc([C@H]2C(C(=O)Nc3ccc(Cl)cc3)=C(C)Nc3ncnn32)c(OC)c1. The Morgan fingerprint density at radius 2 is 1.93 bits per heavy atom. The first kappa shape index (κ1) is 19.8. The van der Waals surface area contributed by atoms with Gasteiger partial charge in [0.2, 0.25) is 5.95 Å². The van der Waals surface area contributed by atoms with Crippen LogP contribution >= 0.6 is 11.6 Å². The van der Waals surface area contributed by atoms with Crippen LogP contribution in [0.1, 0.15) is 18.5 Å². The van der Waals surface area contributed by atoms with Crippen LogP contribution in [-0.2, 0) is 4.79 Å². The molecule has 1 aromatic heterocycles. The van der Waals surface area contributed by atoms with E-state index in [1.54, 1.807) is 49.2 Å². The number of ether oxygens (including phenoxy) is 2. The zero-order chi connectivity index (χ0) is 21.3. The lowest BCUT2D eigenvalue weighted by atomic mass is 9.94. The van der Waals surface area contributed by atoms with Gasteiger partial charge >= 0.3 is 0 Å². The molecule has 0 saturated carbocycles. The minimum Gasteiger partial charge on any atom is -0.497 e. The summed E-state index contributed by atoms with van der Waals surface area (Å²) in [5.74, 6) is 1.49. The summed E-state index contributed by atoms with van der Waals surface area (Å²) < 4.78 is 12.6. The van der Waals surface area contributed by atoms with E-state index in [-0.39, 0.29) is 5.91 Å². The number of rotatable bonds is 5. The highest BCUT2D eigenvalue weighted by Crippen LogP contribution is 2.40. The van der Waals surface area contributed by atoms with E-state index in [1.165, 1.54) is 6.33 Å². The molecule has 0 bridgehead atoms. The number of aromatic nitrogens is 3. The normalized spacial score (nSPS) is 15.3. The highest BCUT2D eigenvalue weighted by atomic mass is 35.5. The molecule has 0 unspecified atom stereocenters. The topological polar surface area (TPSA) is 90.3 Å². The zero-order valence-corrected chi connectivity index (χ0v) is 17.4. The van der Waals surface area contributed by atoms with Crippen LogP contribution in [0.4, 0.5) is 11.6 Å². The summed E-state index contributed by atoms with van der Waals surface area (Å²) in [4.78, 5) is 17.6. The van der Waals surface area contributed by atoms with Crippen molar-refractivity contribution in [1.82, 2.24) is 14.8 Å². The molecule has 8 nitrogen and oxygen atoms in total. The van der Waals surface area contributed by atoms with Crippen molar-refractivity contribution in [2.75, 3.05) is 24.9 Å². The molecular formula is C21H20ClN5O3. The number of anilines is 2. The molecule has 0 aliphatic carbocycles. The molecule has 154 valence electrons. The number of halogens is 1. The van der Waals surface area contributed by atoms with Gasteiger partial charge in [-0.3, -0.25) is 4.79 Å². The number of fused-ring (bicyclic) bond motifs is 1. The molecule has 9 heteroatoms. The molecule has 0 radical (unpaired) electrons. The number of allylic oxidation sites excluding steroid dienone is 1. The first-order chi connectivity index (χ1) is 14.5. The molecule has 2 N–H and O–H groups in total. The largest absolute Gasteiger partial charge is 0.497 e. The van der Waals surface area contributed by atoms with Gasteiger partial charge in [0, 0.05) is 28.0 Å². The van der Waals surface area contributed by atoms with E-state index in [0.29, 0.717) is 39.4 Å². The van der Waals surface area contributed by atoms with Crippen molar-refractivity contribution in [2.45, 2.75) is 13.0 Å². The summed E-state index contributed by atoms with van der Waals surface area (Å²) in [5.41, 5.74) is 2.55. The molecule has 4 rings (SSSR count). The van der Waals surface area contributed by atoms with Crippen molar-refractivity contribution in [3.05, 3.63) is 70.6 Å². The maximum atomic E-state index is 13.3.